The van der Waals surface area contributed by atoms with Gasteiger partial charge >= 0.3 is 0 Å². The van der Waals surface area contributed by atoms with Crippen LogP contribution in [0.4, 0.5) is 11.4 Å². The molecule has 0 unspecified atom stereocenters. The normalized spacial score (nSPS) is 12.9. The van der Waals surface area contributed by atoms with E-state index in [0.29, 0.717) is 13.1 Å². The van der Waals surface area contributed by atoms with Crippen LogP contribution >= 0.6 is 0 Å². The second-order valence-corrected chi connectivity index (χ2v) is 6.40. The molecule has 0 fully saturated rings. The van der Waals surface area contributed by atoms with Gasteiger partial charge in [0.1, 0.15) is 6.61 Å². The third kappa shape index (κ3) is 3.41. The average molecular weight is 363 g/mol. The Morgan fingerprint density at radius 1 is 1.30 bits per heavy atom. The molecule has 138 valence electrons. The SMILES string of the molecule is COCC(=O)N1CCc2c(NCc3cn[nH]c3-c3cccnc3)cccc21. The molecule has 1 aliphatic heterocycles. The largest absolute Gasteiger partial charge is 0.381 e. The van der Waals surface area contributed by atoms with Crippen LogP contribution in [-0.2, 0) is 22.5 Å². The molecular weight excluding hydrogens is 342 g/mol. The molecule has 1 aromatic carbocycles. The van der Waals surface area contributed by atoms with Crippen LogP contribution in [0.2, 0.25) is 0 Å². The lowest BCUT2D eigenvalue weighted by Gasteiger charge is -2.17. The van der Waals surface area contributed by atoms with Gasteiger partial charge in [-0.05, 0) is 30.7 Å². The molecule has 0 atom stereocenters. The average Bonchev–Trinajstić information content (AvgIpc) is 3.34. The lowest BCUT2D eigenvalue weighted by molar-refractivity contribution is -0.122. The Bertz CT molecular complexity index is 939. The highest BCUT2D eigenvalue weighted by Gasteiger charge is 2.26. The van der Waals surface area contributed by atoms with Crippen LogP contribution in [0, 0.1) is 0 Å². The molecule has 4 rings (SSSR count). The third-order valence-electron chi connectivity index (χ3n) is 4.73. The molecule has 7 nitrogen and oxygen atoms in total. The molecule has 7 heteroatoms. The number of anilines is 2. The number of rotatable bonds is 6. The van der Waals surface area contributed by atoms with E-state index in [4.69, 9.17) is 4.74 Å². The Hall–Kier alpha value is -3.19. The fourth-order valence-electron chi connectivity index (χ4n) is 3.46. The van der Waals surface area contributed by atoms with Crippen LogP contribution in [0.3, 0.4) is 0 Å². The number of carbonyl (C=O) groups is 1. The highest BCUT2D eigenvalue weighted by Crippen LogP contribution is 2.34. The van der Waals surface area contributed by atoms with Crippen LogP contribution in [0.5, 0.6) is 0 Å². The summed E-state index contributed by atoms with van der Waals surface area (Å²) in [5, 5.41) is 10.7. The van der Waals surface area contributed by atoms with Crippen molar-refractivity contribution in [1.29, 1.82) is 0 Å². The zero-order valence-electron chi connectivity index (χ0n) is 15.1. The summed E-state index contributed by atoms with van der Waals surface area (Å²) in [5.41, 5.74) is 6.18. The molecule has 1 amide bonds. The quantitative estimate of drug-likeness (QED) is 0.703. The number of hydrogen-bond acceptors (Lipinski definition) is 5. The Morgan fingerprint density at radius 3 is 3.04 bits per heavy atom. The number of fused-ring (bicyclic) bond motifs is 1. The fourth-order valence-corrected chi connectivity index (χ4v) is 3.46. The summed E-state index contributed by atoms with van der Waals surface area (Å²) in [6, 6.07) is 9.91. The number of nitrogens with zero attached hydrogens (tertiary/aromatic N) is 3. The molecule has 0 saturated heterocycles. The number of amides is 1. The Kier molecular flexibility index (Phi) is 4.84. The fraction of sp³-hybridized carbons (Fsp3) is 0.250. The second-order valence-electron chi connectivity index (χ2n) is 6.40. The highest BCUT2D eigenvalue weighted by molar-refractivity contribution is 5.97. The van der Waals surface area contributed by atoms with Crippen molar-refractivity contribution in [3.8, 4) is 11.3 Å². The summed E-state index contributed by atoms with van der Waals surface area (Å²) in [6.07, 6.45) is 6.22. The Labute approximate surface area is 157 Å². The van der Waals surface area contributed by atoms with Crippen LogP contribution in [-0.4, -0.2) is 41.3 Å². The van der Waals surface area contributed by atoms with Gasteiger partial charge in [0, 0.05) is 60.7 Å². The minimum Gasteiger partial charge on any atom is -0.381 e. The molecule has 2 aromatic heterocycles. The minimum atomic E-state index is -0.0119. The first-order valence-corrected chi connectivity index (χ1v) is 8.85. The van der Waals surface area contributed by atoms with E-state index in [9.17, 15) is 4.79 Å². The number of benzene rings is 1. The molecule has 0 radical (unpaired) electrons. The van der Waals surface area contributed by atoms with Crippen molar-refractivity contribution < 1.29 is 9.53 Å². The van der Waals surface area contributed by atoms with Crippen molar-refractivity contribution in [3.63, 3.8) is 0 Å². The number of H-pyrrole nitrogens is 1. The Morgan fingerprint density at radius 2 is 2.22 bits per heavy atom. The monoisotopic (exact) mass is 363 g/mol. The number of aromatic amines is 1. The number of nitrogens with one attached hydrogen (secondary N) is 2. The van der Waals surface area contributed by atoms with Crippen molar-refractivity contribution >= 4 is 17.3 Å². The van der Waals surface area contributed by atoms with Gasteiger partial charge in [0.15, 0.2) is 0 Å². The molecule has 2 N–H and O–H groups in total. The molecule has 0 aliphatic carbocycles. The summed E-state index contributed by atoms with van der Waals surface area (Å²) in [7, 11) is 1.54. The maximum absolute atomic E-state index is 12.2. The summed E-state index contributed by atoms with van der Waals surface area (Å²) < 4.78 is 4.99. The van der Waals surface area contributed by atoms with Crippen molar-refractivity contribution in [2.24, 2.45) is 0 Å². The summed E-state index contributed by atoms with van der Waals surface area (Å²) in [5.74, 6) is -0.0119. The zero-order valence-corrected chi connectivity index (χ0v) is 15.1. The van der Waals surface area contributed by atoms with Gasteiger partial charge in [-0.2, -0.15) is 5.10 Å². The maximum atomic E-state index is 12.2. The molecule has 0 saturated carbocycles. The zero-order chi connectivity index (χ0) is 18.6. The van der Waals surface area contributed by atoms with Gasteiger partial charge in [0.05, 0.1) is 11.9 Å². The van der Waals surface area contributed by atoms with Gasteiger partial charge in [-0.25, -0.2) is 0 Å². The maximum Gasteiger partial charge on any atom is 0.252 e. The minimum absolute atomic E-state index is 0.0119. The Balaban J connectivity index is 1.53. The van der Waals surface area contributed by atoms with E-state index in [2.05, 4.69) is 20.5 Å². The van der Waals surface area contributed by atoms with Crippen molar-refractivity contribution in [3.05, 3.63) is 60.0 Å². The van der Waals surface area contributed by atoms with E-state index in [0.717, 1.165) is 40.2 Å². The molecular formula is C20H21N5O2. The molecule has 0 spiro atoms. The highest BCUT2D eigenvalue weighted by atomic mass is 16.5. The predicted octanol–water partition coefficient (Wildman–Crippen LogP) is 2.62. The first-order valence-electron chi connectivity index (χ1n) is 8.85. The van der Waals surface area contributed by atoms with Crippen LogP contribution in [0.1, 0.15) is 11.1 Å². The standard InChI is InChI=1S/C20H21N5O2/c1-27-13-19(26)25-9-7-16-17(5-2-6-18(16)25)22-11-15-12-23-24-20(15)14-4-3-8-21-10-14/h2-6,8,10,12,22H,7,9,11,13H2,1H3,(H,23,24). The van der Waals surface area contributed by atoms with Crippen molar-refractivity contribution in [2.75, 3.05) is 30.5 Å². The molecule has 3 heterocycles. The first kappa shape index (κ1) is 17.2. The summed E-state index contributed by atoms with van der Waals surface area (Å²) in [4.78, 5) is 18.2. The topological polar surface area (TPSA) is 83.1 Å². The third-order valence-corrected chi connectivity index (χ3v) is 4.73. The van der Waals surface area contributed by atoms with Gasteiger partial charge in [-0.3, -0.25) is 14.9 Å². The number of hydrogen-bond donors (Lipinski definition) is 2. The number of pyridine rings is 1. The number of carbonyl (C=O) groups excluding carboxylic acids is 1. The summed E-state index contributed by atoms with van der Waals surface area (Å²) >= 11 is 0. The lowest BCUT2D eigenvalue weighted by atomic mass is 10.1. The van der Waals surface area contributed by atoms with E-state index >= 15 is 0 Å². The van der Waals surface area contributed by atoms with E-state index < -0.39 is 0 Å². The van der Waals surface area contributed by atoms with E-state index in [-0.39, 0.29) is 12.5 Å². The summed E-state index contributed by atoms with van der Waals surface area (Å²) in [6.45, 7) is 1.41. The number of methoxy groups -OCH3 is 1. The van der Waals surface area contributed by atoms with Gasteiger partial charge in [-0.1, -0.05) is 6.07 Å². The van der Waals surface area contributed by atoms with Gasteiger partial charge in [0.2, 0.25) is 0 Å². The van der Waals surface area contributed by atoms with Crippen LogP contribution < -0.4 is 10.2 Å². The van der Waals surface area contributed by atoms with Crippen LogP contribution in [0.25, 0.3) is 11.3 Å². The second kappa shape index (κ2) is 7.59. The lowest BCUT2D eigenvalue weighted by Crippen LogP contribution is -2.31. The van der Waals surface area contributed by atoms with Gasteiger partial charge < -0.3 is 15.0 Å². The number of aromatic nitrogens is 3. The van der Waals surface area contributed by atoms with Gasteiger partial charge in [0.25, 0.3) is 5.91 Å². The smallest absolute Gasteiger partial charge is 0.252 e. The van der Waals surface area contributed by atoms with E-state index in [1.54, 1.807) is 11.1 Å². The molecule has 0 bridgehead atoms. The van der Waals surface area contributed by atoms with E-state index in [1.165, 1.54) is 7.11 Å². The van der Waals surface area contributed by atoms with E-state index in [1.807, 2.05) is 42.7 Å². The molecule has 27 heavy (non-hydrogen) atoms. The van der Waals surface area contributed by atoms with Gasteiger partial charge in [-0.15, -0.1) is 0 Å². The predicted molar refractivity (Wildman–Crippen MR) is 104 cm³/mol. The molecule has 3 aromatic rings. The first-order chi connectivity index (χ1) is 13.3. The van der Waals surface area contributed by atoms with Crippen molar-refractivity contribution in [1.82, 2.24) is 15.2 Å². The molecule has 1 aliphatic rings. The van der Waals surface area contributed by atoms with Crippen molar-refractivity contribution in [2.45, 2.75) is 13.0 Å². The number of ether oxygens (including phenoxy) is 1. The van der Waals surface area contributed by atoms with Crippen LogP contribution in [0.15, 0.2) is 48.9 Å².